The molecule has 1 aliphatic rings. The van der Waals surface area contributed by atoms with Crippen molar-refractivity contribution in [2.45, 2.75) is 18.5 Å². The minimum atomic E-state index is -1.02. The Morgan fingerprint density at radius 2 is 1.71 bits per heavy atom. The number of carbonyl (C=O) groups excluding carboxylic acids is 2. The average molecular weight is 381 g/mol. The van der Waals surface area contributed by atoms with Gasteiger partial charge in [-0.25, -0.2) is 0 Å². The molecule has 2 unspecified atom stereocenters. The fourth-order valence-electron chi connectivity index (χ4n) is 3.15. The van der Waals surface area contributed by atoms with E-state index in [0.717, 1.165) is 0 Å². The van der Waals surface area contributed by atoms with Crippen molar-refractivity contribution in [3.63, 3.8) is 0 Å². The van der Waals surface area contributed by atoms with Gasteiger partial charge in [0.15, 0.2) is 5.71 Å². The molecule has 8 heteroatoms. The fraction of sp³-hybridized carbons (Fsp3) is 0.200. The van der Waals surface area contributed by atoms with Crippen LogP contribution >= 0.6 is 0 Å². The van der Waals surface area contributed by atoms with E-state index in [1.807, 2.05) is 6.07 Å². The third-order valence-electron chi connectivity index (χ3n) is 4.56. The van der Waals surface area contributed by atoms with Crippen molar-refractivity contribution in [1.82, 2.24) is 10.2 Å². The number of amides is 2. The number of carbonyl (C=O) groups is 3. The Hall–Kier alpha value is -3.68. The van der Waals surface area contributed by atoms with Gasteiger partial charge in [0.1, 0.15) is 6.04 Å². The average Bonchev–Trinajstić information content (AvgIpc) is 2.71. The van der Waals surface area contributed by atoms with Gasteiger partial charge in [0.25, 0.3) is 5.91 Å². The Kier molecular flexibility index (Phi) is 5.69. The number of aliphatic carboxylic acids is 1. The largest absolute Gasteiger partial charge is 0.481 e. The molecule has 0 saturated carbocycles. The number of nitrogens with zero attached hydrogens (tertiary/aromatic N) is 2. The van der Waals surface area contributed by atoms with E-state index in [9.17, 15) is 24.7 Å². The highest BCUT2D eigenvalue weighted by atomic mass is 16.4. The predicted octanol–water partition coefficient (Wildman–Crippen LogP) is 1.41. The highest BCUT2D eigenvalue weighted by Gasteiger charge is 2.43. The Morgan fingerprint density at radius 1 is 1.11 bits per heavy atom. The van der Waals surface area contributed by atoms with Crippen LogP contribution in [0.5, 0.6) is 0 Å². The minimum Gasteiger partial charge on any atom is -0.481 e. The molecule has 0 aromatic heterocycles. The monoisotopic (exact) mass is 381 g/mol. The van der Waals surface area contributed by atoms with Crippen LogP contribution in [0.3, 0.4) is 0 Å². The molecule has 0 radical (unpaired) electrons. The maximum Gasteiger partial charge on any atom is 0.305 e. The van der Waals surface area contributed by atoms with Crippen LogP contribution in [0, 0.1) is 0 Å². The van der Waals surface area contributed by atoms with Crippen molar-refractivity contribution in [3.8, 4) is 0 Å². The van der Waals surface area contributed by atoms with E-state index in [0.29, 0.717) is 11.1 Å². The molecule has 1 aliphatic heterocycles. The Morgan fingerprint density at radius 3 is 2.25 bits per heavy atom. The molecular weight excluding hydrogens is 362 g/mol. The molecule has 8 nitrogen and oxygen atoms in total. The van der Waals surface area contributed by atoms with Crippen LogP contribution in [-0.4, -0.2) is 51.3 Å². The summed E-state index contributed by atoms with van der Waals surface area (Å²) >= 11 is 0. The van der Waals surface area contributed by atoms with Crippen molar-refractivity contribution in [1.29, 1.82) is 0 Å². The topological polar surface area (TPSA) is 119 Å². The van der Waals surface area contributed by atoms with Crippen LogP contribution in [0.4, 0.5) is 0 Å². The van der Waals surface area contributed by atoms with E-state index in [1.165, 1.54) is 4.90 Å². The second-order valence-corrected chi connectivity index (χ2v) is 6.36. The van der Waals surface area contributed by atoms with Gasteiger partial charge in [-0.1, -0.05) is 65.8 Å². The Bertz CT molecular complexity index is 899. The molecule has 1 saturated heterocycles. The molecule has 1 heterocycles. The van der Waals surface area contributed by atoms with E-state index in [-0.39, 0.29) is 24.6 Å². The molecule has 0 aliphatic carbocycles. The number of hydrogen-bond donors (Lipinski definition) is 3. The summed E-state index contributed by atoms with van der Waals surface area (Å²) in [6, 6.07) is 15.8. The second-order valence-electron chi connectivity index (χ2n) is 6.36. The van der Waals surface area contributed by atoms with Gasteiger partial charge in [-0.15, -0.1) is 0 Å². The number of carboxylic acids is 1. The first-order valence-electron chi connectivity index (χ1n) is 8.67. The van der Waals surface area contributed by atoms with Crippen LogP contribution in [0.1, 0.15) is 23.6 Å². The molecule has 3 rings (SSSR count). The zero-order valence-corrected chi connectivity index (χ0v) is 14.9. The van der Waals surface area contributed by atoms with Gasteiger partial charge in [0.2, 0.25) is 5.91 Å². The van der Waals surface area contributed by atoms with Crippen LogP contribution in [0.25, 0.3) is 0 Å². The standard InChI is InChI=1S/C20H19N3O5/c24-17(25)11-16(13-7-3-1-4-8-13)23-12-15(20(23)27)21-19(26)18(22-28)14-9-5-2-6-10-14/h1-10,15-16,28H,11-12H2,(H,21,26)(H,24,25)/b22-18+. The first-order valence-corrected chi connectivity index (χ1v) is 8.67. The van der Waals surface area contributed by atoms with Gasteiger partial charge in [-0.2, -0.15) is 0 Å². The van der Waals surface area contributed by atoms with Gasteiger partial charge in [-0.3, -0.25) is 14.4 Å². The number of oxime groups is 1. The van der Waals surface area contributed by atoms with E-state index in [1.54, 1.807) is 54.6 Å². The van der Waals surface area contributed by atoms with Crippen molar-refractivity contribution < 1.29 is 24.7 Å². The van der Waals surface area contributed by atoms with Crippen molar-refractivity contribution in [3.05, 3.63) is 71.8 Å². The lowest BCUT2D eigenvalue weighted by Gasteiger charge is -2.43. The molecule has 28 heavy (non-hydrogen) atoms. The third-order valence-corrected chi connectivity index (χ3v) is 4.56. The smallest absolute Gasteiger partial charge is 0.305 e. The first-order chi connectivity index (χ1) is 13.5. The Balaban J connectivity index is 1.68. The molecular formula is C20H19N3O5. The summed E-state index contributed by atoms with van der Waals surface area (Å²) in [6.07, 6.45) is -0.232. The summed E-state index contributed by atoms with van der Waals surface area (Å²) in [4.78, 5) is 37.6. The first kappa shape index (κ1) is 19.1. The van der Waals surface area contributed by atoms with Gasteiger partial charge in [0.05, 0.1) is 19.0 Å². The second kappa shape index (κ2) is 8.34. The van der Waals surface area contributed by atoms with Crippen molar-refractivity contribution in [2.75, 3.05) is 6.54 Å². The van der Waals surface area contributed by atoms with E-state index < -0.39 is 24.0 Å². The highest BCUT2D eigenvalue weighted by molar-refractivity contribution is 6.45. The zero-order chi connectivity index (χ0) is 20.1. The summed E-state index contributed by atoms with van der Waals surface area (Å²) in [5, 5.41) is 23.9. The maximum absolute atomic E-state index is 12.6. The number of hydrogen-bond acceptors (Lipinski definition) is 5. The van der Waals surface area contributed by atoms with Gasteiger partial charge in [-0.05, 0) is 5.56 Å². The van der Waals surface area contributed by atoms with Gasteiger partial charge >= 0.3 is 5.97 Å². The summed E-state index contributed by atoms with van der Waals surface area (Å²) in [7, 11) is 0. The predicted molar refractivity (Wildman–Crippen MR) is 99.8 cm³/mol. The van der Waals surface area contributed by atoms with Gasteiger partial charge < -0.3 is 20.5 Å². The summed E-state index contributed by atoms with van der Waals surface area (Å²) in [5.74, 6) is -2.08. The van der Waals surface area contributed by atoms with Gasteiger partial charge in [0, 0.05) is 5.56 Å². The molecule has 0 bridgehead atoms. The maximum atomic E-state index is 12.6. The molecule has 2 aromatic rings. The van der Waals surface area contributed by atoms with Crippen molar-refractivity contribution >= 4 is 23.5 Å². The number of nitrogens with one attached hydrogen (secondary N) is 1. The zero-order valence-electron chi connectivity index (χ0n) is 14.9. The third kappa shape index (κ3) is 4.01. The summed E-state index contributed by atoms with van der Waals surface area (Å²) in [5.41, 5.74) is 0.932. The number of benzene rings is 2. The number of β-lactam (4-membered cyclic amide) rings is 1. The lowest BCUT2D eigenvalue weighted by atomic mass is 9.95. The normalized spacial score (nSPS) is 17.6. The summed E-state index contributed by atoms with van der Waals surface area (Å²) in [6.45, 7) is 0.172. The molecule has 144 valence electrons. The van der Waals surface area contributed by atoms with Crippen LogP contribution in [0.15, 0.2) is 65.8 Å². The molecule has 0 spiro atoms. The highest BCUT2D eigenvalue weighted by Crippen LogP contribution is 2.29. The van der Waals surface area contributed by atoms with E-state index >= 15 is 0 Å². The minimum absolute atomic E-state index is 0.172. The van der Waals surface area contributed by atoms with Crippen molar-refractivity contribution in [2.24, 2.45) is 5.16 Å². The number of rotatable bonds is 7. The quantitative estimate of drug-likeness (QED) is 0.290. The fourth-order valence-corrected chi connectivity index (χ4v) is 3.15. The molecule has 2 aromatic carbocycles. The molecule has 2 amide bonds. The van der Waals surface area contributed by atoms with E-state index in [2.05, 4.69) is 10.5 Å². The molecule has 3 N–H and O–H groups in total. The van der Waals surface area contributed by atoms with Crippen LogP contribution in [0.2, 0.25) is 0 Å². The lowest BCUT2D eigenvalue weighted by Crippen LogP contribution is -2.65. The molecule has 1 fully saturated rings. The van der Waals surface area contributed by atoms with E-state index in [4.69, 9.17) is 0 Å². The Labute approximate surface area is 161 Å². The van der Waals surface area contributed by atoms with Crippen LogP contribution < -0.4 is 5.32 Å². The SMILES string of the molecule is O=C(O)CC(c1ccccc1)N1CC(NC(=O)/C(=N/O)c2ccccc2)C1=O. The summed E-state index contributed by atoms with van der Waals surface area (Å²) < 4.78 is 0. The number of carboxylic acid groups (broad SMARTS) is 1. The number of likely N-dealkylation sites (tertiary alicyclic amines) is 1. The van der Waals surface area contributed by atoms with Crippen LogP contribution in [-0.2, 0) is 14.4 Å². The molecule has 2 atom stereocenters. The lowest BCUT2D eigenvalue weighted by molar-refractivity contribution is -0.152.